The monoisotopic (exact) mass is 413 g/mol. The Kier molecular flexibility index (Phi) is 3.57. The van der Waals surface area contributed by atoms with E-state index >= 15 is 0 Å². The summed E-state index contributed by atoms with van der Waals surface area (Å²) in [5, 5.41) is 2.40. The lowest BCUT2D eigenvalue weighted by Gasteiger charge is -2.28. The first-order valence-corrected chi connectivity index (χ1v) is 10.3. The van der Waals surface area contributed by atoms with Crippen molar-refractivity contribution in [2.45, 2.75) is 31.7 Å². The van der Waals surface area contributed by atoms with Crippen molar-refractivity contribution in [3.8, 4) is 0 Å². The molecule has 6 rings (SSSR count). The summed E-state index contributed by atoms with van der Waals surface area (Å²) >= 11 is 0. The predicted molar refractivity (Wildman–Crippen MR) is 112 cm³/mol. The summed E-state index contributed by atoms with van der Waals surface area (Å²) in [5.74, 6) is -0.573. The molecular weight excluding hydrogens is 394 g/mol. The number of furan rings is 1. The van der Waals surface area contributed by atoms with Gasteiger partial charge in [-0.25, -0.2) is 0 Å². The SMILES string of the molecule is CC1=Cc2c(ccc3c2C(=O)N(C[C@@]2(c4cc5ncccc5o4)CC(=O)NC2=O)C3)C1. The lowest BCUT2D eigenvalue weighted by Crippen LogP contribution is -2.46. The zero-order valence-corrected chi connectivity index (χ0v) is 16.9. The summed E-state index contributed by atoms with van der Waals surface area (Å²) in [6, 6.07) is 9.29. The minimum absolute atomic E-state index is 0.0649. The number of fused-ring (bicyclic) bond motifs is 4. The van der Waals surface area contributed by atoms with Crippen LogP contribution in [0.1, 0.15) is 46.2 Å². The molecule has 3 amide bonds. The molecule has 1 fully saturated rings. The van der Waals surface area contributed by atoms with E-state index in [1.54, 1.807) is 29.3 Å². The number of benzene rings is 1. The number of aromatic nitrogens is 1. The molecule has 0 radical (unpaired) electrons. The highest BCUT2D eigenvalue weighted by Crippen LogP contribution is 2.40. The van der Waals surface area contributed by atoms with Crippen LogP contribution in [0.2, 0.25) is 0 Å². The highest BCUT2D eigenvalue weighted by Gasteiger charge is 2.53. The summed E-state index contributed by atoms with van der Waals surface area (Å²) in [6.07, 6.45) is 4.50. The molecule has 2 aromatic heterocycles. The second kappa shape index (κ2) is 6.14. The van der Waals surface area contributed by atoms with Crippen LogP contribution in [0.15, 0.2) is 46.5 Å². The van der Waals surface area contributed by atoms with Gasteiger partial charge in [0, 0.05) is 25.4 Å². The van der Waals surface area contributed by atoms with Crippen molar-refractivity contribution >= 4 is 34.9 Å². The fourth-order valence-corrected chi connectivity index (χ4v) is 5.05. The van der Waals surface area contributed by atoms with Crippen LogP contribution in [-0.2, 0) is 28.0 Å². The van der Waals surface area contributed by atoms with E-state index in [0.29, 0.717) is 29.0 Å². The Labute approximate surface area is 177 Å². The number of carbonyl (C=O) groups excluding carboxylic acids is 3. The van der Waals surface area contributed by atoms with Gasteiger partial charge in [0.2, 0.25) is 11.8 Å². The number of rotatable bonds is 3. The quantitative estimate of drug-likeness (QED) is 0.667. The van der Waals surface area contributed by atoms with Gasteiger partial charge in [-0.1, -0.05) is 23.8 Å². The standard InChI is InChI=1S/C24H19N3O4/c1-13-7-14-4-5-15-11-27(22(29)21(15)16(14)8-13)12-24(10-20(28)26-23(24)30)19-9-17-18(31-19)3-2-6-25-17/h2-6,8-9H,7,10-12H2,1H3,(H,26,28,30)/t24-/m1/s1. The summed E-state index contributed by atoms with van der Waals surface area (Å²) in [4.78, 5) is 44.6. The van der Waals surface area contributed by atoms with Crippen molar-refractivity contribution in [3.63, 3.8) is 0 Å². The fourth-order valence-electron chi connectivity index (χ4n) is 5.05. The van der Waals surface area contributed by atoms with Crippen molar-refractivity contribution in [1.29, 1.82) is 0 Å². The maximum absolute atomic E-state index is 13.4. The molecule has 7 heteroatoms. The Morgan fingerprint density at radius 3 is 2.81 bits per heavy atom. The van der Waals surface area contributed by atoms with Gasteiger partial charge in [-0.15, -0.1) is 0 Å². The number of nitrogens with zero attached hydrogens (tertiary/aromatic N) is 2. The Hall–Kier alpha value is -3.74. The Balaban J connectivity index is 1.42. The Morgan fingerprint density at radius 1 is 1.19 bits per heavy atom. The zero-order chi connectivity index (χ0) is 21.3. The third-order valence-corrected chi connectivity index (χ3v) is 6.51. The first-order chi connectivity index (χ1) is 14.9. The van der Waals surface area contributed by atoms with E-state index in [4.69, 9.17) is 4.42 Å². The first-order valence-electron chi connectivity index (χ1n) is 10.3. The van der Waals surface area contributed by atoms with Crippen LogP contribution in [0.3, 0.4) is 0 Å². The number of amides is 3. The molecule has 0 saturated carbocycles. The maximum atomic E-state index is 13.4. The molecule has 31 heavy (non-hydrogen) atoms. The van der Waals surface area contributed by atoms with Gasteiger partial charge in [-0.3, -0.25) is 24.7 Å². The molecular formula is C24H19N3O4. The minimum Gasteiger partial charge on any atom is -0.458 e. The van der Waals surface area contributed by atoms with Gasteiger partial charge in [0.15, 0.2) is 5.58 Å². The van der Waals surface area contributed by atoms with Crippen LogP contribution in [-0.4, -0.2) is 34.2 Å². The second-order valence-corrected chi connectivity index (χ2v) is 8.63. The number of nitrogens with one attached hydrogen (secondary N) is 1. The van der Waals surface area contributed by atoms with E-state index in [1.807, 2.05) is 6.07 Å². The van der Waals surface area contributed by atoms with E-state index in [2.05, 4.69) is 29.4 Å². The molecule has 2 aliphatic heterocycles. The lowest BCUT2D eigenvalue weighted by molar-refractivity contribution is -0.126. The summed E-state index contributed by atoms with van der Waals surface area (Å²) < 4.78 is 5.96. The summed E-state index contributed by atoms with van der Waals surface area (Å²) in [5.41, 5.74) is 4.89. The van der Waals surface area contributed by atoms with Crippen LogP contribution in [0, 0.1) is 0 Å². The van der Waals surface area contributed by atoms with Crippen molar-refractivity contribution in [2.75, 3.05) is 6.54 Å². The fraction of sp³-hybridized carbons (Fsp3) is 0.250. The van der Waals surface area contributed by atoms with Crippen molar-refractivity contribution < 1.29 is 18.8 Å². The summed E-state index contributed by atoms with van der Waals surface area (Å²) in [6.45, 7) is 2.52. The third kappa shape index (κ3) is 2.52. The molecule has 1 saturated heterocycles. The molecule has 154 valence electrons. The van der Waals surface area contributed by atoms with E-state index < -0.39 is 11.3 Å². The zero-order valence-electron chi connectivity index (χ0n) is 16.9. The van der Waals surface area contributed by atoms with Gasteiger partial charge in [-0.2, -0.15) is 0 Å². The van der Waals surface area contributed by atoms with Gasteiger partial charge in [0.25, 0.3) is 5.91 Å². The van der Waals surface area contributed by atoms with Crippen LogP contribution in [0.5, 0.6) is 0 Å². The maximum Gasteiger partial charge on any atom is 0.255 e. The molecule has 4 heterocycles. The average Bonchev–Trinajstić information content (AvgIpc) is 3.46. The van der Waals surface area contributed by atoms with Gasteiger partial charge in [0.1, 0.15) is 16.7 Å². The number of pyridine rings is 1. The largest absolute Gasteiger partial charge is 0.458 e. The van der Waals surface area contributed by atoms with Gasteiger partial charge >= 0.3 is 0 Å². The molecule has 1 N–H and O–H groups in total. The van der Waals surface area contributed by atoms with Crippen LogP contribution >= 0.6 is 0 Å². The summed E-state index contributed by atoms with van der Waals surface area (Å²) in [7, 11) is 0. The van der Waals surface area contributed by atoms with E-state index in [-0.39, 0.29) is 24.8 Å². The number of hydrogen-bond donors (Lipinski definition) is 1. The number of imide groups is 1. The van der Waals surface area contributed by atoms with Crippen molar-refractivity contribution in [1.82, 2.24) is 15.2 Å². The third-order valence-electron chi connectivity index (χ3n) is 6.51. The Bertz CT molecular complexity index is 1320. The molecule has 3 aromatic rings. The van der Waals surface area contributed by atoms with Gasteiger partial charge < -0.3 is 9.32 Å². The van der Waals surface area contributed by atoms with Gasteiger partial charge in [0.05, 0.1) is 12.0 Å². The highest BCUT2D eigenvalue weighted by atomic mass is 16.3. The Morgan fingerprint density at radius 2 is 2.03 bits per heavy atom. The second-order valence-electron chi connectivity index (χ2n) is 8.63. The number of hydrogen-bond acceptors (Lipinski definition) is 5. The van der Waals surface area contributed by atoms with Crippen LogP contribution < -0.4 is 5.32 Å². The van der Waals surface area contributed by atoms with Crippen LogP contribution in [0.4, 0.5) is 0 Å². The number of allylic oxidation sites excluding steroid dienone is 1. The normalized spacial score (nSPS) is 22.2. The lowest BCUT2D eigenvalue weighted by atomic mass is 9.82. The molecule has 0 unspecified atom stereocenters. The molecule has 1 aromatic carbocycles. The first kappa shape index (κ1) is 18.1. The smallest absolute Gasteiger partial charge is 0.255 e. The van der Waals surface area contributed by atoms with Crippen molar-refractivity contribution in [3.05, 3.63) is 70.1 Å². The molecule has 0 spiro atoms. The number of carbonyl (C=O) groups is 3. The van der Waals surface area contributed by atoms with E-state index in [1.165, 1.54) is 5.57 Å². The molecule has 1 atom stereocenters. The molecule has 1 aliphatic carbocycles. The van der Waals surface area contributed by atoms with E-state index in [9.17, 15) is 14.4 Å². The van der Waals surface area contributed by atoms with Gasteiger partial charge in [-0.05, 0) is 42.2 Å². The molecule has 3 aliphatic rings. The van der Waals surface area contributed by atoms with E-state index in [0.717, 1.165) is 23.1 Å². The molecule has 0 bridgehead atoms. The highest BCUT2D eigenvalue weighted by molar-refractivity contribution is 6.10. The van der Waals surface area contributed by atoms with Crippen LogP contribution in [0.25, 0.3) is 17.2 Å². The average molecular weight is 413 g/mol. The molecule has 7 nitrogen and oxygen atoms in total. The minimum atomic E-state index is -1.27. The predicted octanol–water partition coefficient (Wildman–Crippen LogP) is 2.73. The topological polar surface area (TPSA) is 92.5 Å². The van der Waals surface area contributed by atoms with Crippen molar-refractivity contribution in [2.24, 2.45) is 0 Å².